The lowest BCUT2D eigenvalue weighted by Crippen LogP contribution is -2.05. The van der Waals surface area contributed by atoms with Crippen molar-refractivity contribution < 1.29 is 24.5 Å². The second-order valence-corrected chi connectivity index (χ2v) is 7.31. The minimum absolute atomic E-state index is 0.0168. The van der Waals surface area contributed by atoms with E-state index in [0.717, 1.165) is 0 Å². The van der Waals surface area contributed by atoms with Gasteiger partial charge in [-0.15, -0.1) is 0 Å². The van der Waals surface area contributed by atoms with E-state index in [4.69, 9.17) is 4.74 Å². The summed E-state index contributed by atoms with van der Waals surface area (Å²) in [4.78, 5) is 36.6. The number of benzene rings is 3. The summed E-state index contributed by atoms with van der Waals surface area (Å²) in [5.41, 5.74) is 2.06. The minimum Gasteiger partial charge on any atom is -0.507 e. The van der Waals surface area contributed by atoms with Crippen LogP contribution in [0.4, 0.5) is 5.69 Å². The SMILES string of the molecule is COC(=O)c1ccc(-c2nc(-c3ccccc3O)nc(-c3ccc(NC(C)=O)cc3O)n2)cc1. The van der Waals surface area contributed by atoms with Crippen molar-refractivity contribution in [2.75, 3.05) is 12.4 Å². The zero-order valence-electron chi connectivity index (χ0n) is 18.3. The van der Waals surface area contributed by atoms with Crippen LogP contribution in [0, 0.1) is 0 Å². The van der Waals surface area contributed by atoms with Gasteiger partial charge in [-0.1, -0.05) is 24.3 Å². The Balaban J connectivity index is 1.86. The topological polar surface area (TPSA) is 135 Å². The molecule has 0 aliphatic rings. The molecule has 4 aromatic rings. The van der Waals surface area contributed by atoms with E-state index in [1.807, 2.05) is 0 Å². The number of ether oxygens (including phenoxy) is 1. The maximum Gasteiger partial charge on any atom is 0.337 e. The number of para-hydroxylation sites is 1. The Hall–Kier alpha value is -4.79. The summed E-state index contributed by atoms with van der Waals surface area (Å²) in [6, 6.07) is 17.7. The predicted molar refractivity (Wildman–Crippen MR) is 125 cm³/mol. The predicted octanol–water partition coefficient (Wildman–Crippen LogP) is 4.03. The molecule has 4 rings (SSSR count). The first kappa shape index (κ1) is 22.4. The number of methoxy groups -OCH3 is 1. The number of amides is 1. The number of carbonyl (C=O) groups is 2. The molecule has 0 saturated heterocycles. The van der Waals surface area contributed by atoms with Gasteiger partial charge in [-0.3, -0.25) is 4.79 Å². The lowest BCUT2D eigenvalue weighted by atomic mass is 10.1. The van der Waals surface area contributed by atoms with Crippen molar-refractivity contribution in [2.45, 2.75) is 6.92 Å². The van der Waals surface area contributed by atoms with E-state index < -0.39 is 5.97 Å². The smallest absolute Gasteiger partial charge is 0.337 e. The summed E-state index contributed by atoms with van der Waals surface area (Å²) < 4.78 is 4.73. The van der Waals surface area contributed by atoms with Gasteiger partial charge in [0, 0.05) is 24.2 Å². The normalized spacial score (nSPS) is 10.5. The molecular weight excluding hydrogens is 436 g/mol. The molecule has 1 amide bonds. The first-order valence-corrected chi connectivity index (χ1v) is 10.2. The minimum atomic E-state index is -0.470. The number of aromatic nitrogens is 3. The third-order valence-electron chi connectivity index (χ3n) is 4.90. The monoisotopic (exact) mass is 456 g/mol. The number of carbonyl (C=O) groups excluding carboxylic acids is 2. The van der Waals surface area contributed by atoms with Crippen molar-refractivity contribution in [3.63, 3.8) is 0 Å². The third-order valence-corrected chi connectivity index (χ3v) is 4.90. The molecule has 0 saturated carbocycles. The van der Waals surface area contributed by atoms with E-state index >= 15 is 0 Å². The fraction of sp³-hybridized carbons (Fsp3) is 0.0800. The zero-order chi connectivity index (χ0) is 24.2. The highest BCUT2D eigenvalue weighted by Crippen LogP contribution is 2.33. The van der Waals surface area contributed by atoms with E-state index in [1.54, 1.807) is 54.6 Å². The molecule has 0 radical (unpaired) electrons. The highest BCUT2D eigenvalue weighted by atomic mass is 16.5. The van der Waals surface area contributed by atoms with Gasteiger partial charge >= 0.3 is 5.97 Å². The number of nitrogens with one attached hydrogen (secondary N) is 1. The summed E-state index contributed by atoms with van der Waals surface area (Å²) in [5, 5.41) is 23.6. The average molecular weight is 456 g/mol. The van der Waals surface area contributed by atoms with Gasteiger partial charge in [-0.05, 0) is 36.4 Å². The van der Waals surface area contributed by atoms with Crippen molar-refractivity contribution >= 4 is 17.6 Å². The Morgan fingerprint density at radius 2 is 1.41 bits per heavy atom. The molecule has 1 aromatic heterocycles. The second-order valence-electron chi connectivity index (χ2n) is 7.31. The lowest BCUT2D eigenvalue weighted by Gasteiger charge is -2.11. The zero-order valence-corrected chi connectivity index (χ0v) is 18.3. The van der Waals surface area contributed by atoms with Gasteiger partial charge in [0.1, 0.15) is 11.5 Å². The Morgan fingerprint density at radius 3 is 2.00 bits per heavy atom. The third kappa shape index (κ3) is 4.68. The van der Waals surface area contributed by atoms with Crippen LogP contribution < -0.4 is 5.32 Å². The molecule has 0 bridgehead atoms. The number of aromatic hydroxyl groups is 2. The van der Waals surface area contributed by atoms with Crippen LogP contribution in [0.1, 0.15) is 17.3 Å². The van der Waals surface area contributed by atoms with Crippen molar-refractivity contribution in [1.82, 2.24) is 15.0 Å². The van der Waals surface area contributed by atoms with Gasteiger partial charge in [-0.25, -0.2) is 19.7 Å². The van der Waals surface area contributed by atoms with Gasteiger partial charge < -0.3 is 20.3 Å². The van der Waals surface area contributed by atoms with Crippen molar-refractivity contribution in [1.29, 1.82) is 0 Å². The molecule has 0 unspecified atom stereocenters. The number of phenols is 2. The number of hydrogen-bond donors (Lipinski definition) is 3. The summed E-state index contributed by atoms with van der Waals surface area (Å²) in [5.74, 6) is -0.281. The maximum absolute atomic E-state index is 11.8. The van der Waals surface area contributed by atoms with Gasteiger partial charge in [0.05, 0.1) is 23.8 Å². The van der Waals surface area contributed by atoms with Gasteiger partial charge in [-0.2, -0.15) is 0 Å². The summed E-state index contributed by atoms with van der Waals surface area (Å²) >= 11 is 0. The molecule has 170 valence electrons. The van der Waals surface area contributed by atoms with Crippen LogP contribution in [-0.2, 0) is 9.53 Å². The number of hydrogen-bond acceptors (Lipinski definition) is 8. The van der Waals surface area contributed by atoms with Crippen LogP contribution in [0.2, 0.25) is 0 Å². The molecule has 0 atom stereocenters. The van der Waals surface area contributed by atoms with Crippen LogP contribution in [0.15, 0.2) is 66.7 Å². The van der Waals surface area contributed by atoms with E-state index in [1.165, 1.54) is 26.2 Å². The number of phenolic OH excluding ortho intramolecular Hbond substituents is 2. The molecule has 9 nitrogen and oxygen atoms in total. The molecular formula is C25H20N4O5. The molecule has 3 N–H and O–H groups in total. The molecule has 1 heterocycles. The summed E-state index contributed by atoms with van der Waals surface area (Å²) in [6.07, 6.45) is 0. The molecule has 3 aromatic carbocycles. The highest BCUT2D eigenvalue weighted by Gasteiger charge is 2.17. The van der Waals surface area contributed by atoms with Crippen LogP contribution in [0.25, 0.3) is 34.2 Å². The van der Waals surface area contributed by atoms with Crippen molar-refractivity contribution in [2.24, 2.45) is 0 Å². The Kier molecular flexibility index (Phi) is 6.18. The Labute approximate surface area is 194 Å². The maximum atomic E-state index is 11.8. The summed E-state index contributed by atoms with van der Waals surface area (Å²) in [6.45, 7) is 1.37. The molecule has 9 heteroatoms. The van der Waals surface area contributed by atoms with Crippen LogP contribution in [-0.4, -0.2) is 44.2 Å². The van der Waals surface area contributed by atoms with E-state index in [-0.39, 0.29) is 34.9 Å². The molecule has 0 aliphatic carbocycles. The number of esters is 1. The standard InChI is InChI=1S/C25H20N4O5/c1-14(30)26-17-11-12-19(21(32)13-17)24-28-22(15-7-9-16(10-8-15)25(33)34-2)27-23(29-24)18-5-3-4-6-20(18)31/h3-13,31-32H,1-2H3,(H,26,30). The fourth-order valence-corrected chi connectivity index (χ4v) is 3.28. The molecule has 0 fully saturated rings. The Morgan fingerprint density at radius 1 is 0.794 bits per heavy atom. The number of nitrogens with zero attached hydrogens (tertiary/aromatic N) is 3. The molecule has 0 spiro atoms. The largest absolute Gasteiger partial charge is 0.507 e. The van der Waals surface area contributed by atoms with Gasteiger partial charge in [0.15, 0.2) is 17.5 Å². The van der Waals surface area contributed by atoms with E-state index in [2.05, 4.69) is 20.3 Å². The molecule has 34 heavy (non-hydrogen) atoms. The van der Waals surface area contributed by atoms with Crippen LogP contribution in [0.5, 0.6) is 11.5 Å². The second kappa shape index (κ2) is 9.37. The van der Waals surface area contributed by atoms with Crippen LogP contribution >= 0.6 is 0 Å². The number of rotatable bonds is 5. The van der Waals surface area contributed by atoms with E-state index in [9.17, 15) is 19.8 Å². The highest BCUT2D eigenvalue weighted by molar-refractivity contribution is 5.90. The number of anilines is 1. The first-order chi connectivity index (χ1) is 16.4. The summed E-state index contributed by atoms with van der Waals surface area (Å²) in [7, 11) is 1.30. The molecule has 0 aliphatic heterocycles. The quantitative estimate of drug-likeness (QED) is 0.383. The van der Waals surface area contributed by atoms with Crippen molar-refractivity contribution in [3.8, 4) is 45.7 Å². The van der Waals surface area contributed by atoms with Crippen LogP contribution in [0.3, 0.4) is 0 Å². The van der Waals surface area contributed by atoms with Crippen molar-refractivity contribution in [3.05, 3.63) is 72.3 Å². The lowest BCUT2D eigenvalue weighted by molar-refractivity contribution is -0.114. The first-order valence-electron chi connectivity index (χ1n) is 10.2. The van der Waals surface area contributed by atoms with Gasteiger partial charge in [0.25, 0.3) is 0 Å². The van der Waals surface area contributed by atoms with E-state index in [0.29, 0.717) is 27.9 Å². The fourth-order valence-electron chi connectivity index (χ4n) is 3.28. The average Bonchev–Trinajstić information content (AvgIpc) is 2.83. The Bertz CT molecular complexity index is 1390. The van der Waals surface area contributed by atoms with Gasteiger partial charge in [0.2, 0.25) is 5.91 Å².